The van der Waals surface area contributed by atoms with Gasteiger partial charge in [0.1, 0.15) is 5.76 Å². The van der Waals surface area contributed by atoms with Crippen LogP contribution in [0.2, 0.25) is 0 Å². The quantitative estimate of drug-likeness (QED) is 0.423. The fraction of sp³-hybridized carbons (Fsp3) is 0.875. The lowest BCUT2D eigenvalue weighted by atomic mass is 9.36. The number of hydrogen-bond acceptors (Lipinski definition) is 6. The third-order valence-corrected chi connectivity index (χ3v) is 13.4. The molecule has 6 heteroatoms. The third kappa shape index (κ3) is 3.25. The van der Waals surface area contributed by atoms with E-state index in [2.05, 4.69) is 53.6 Å². The first-order valence-corrected chi connectivity index (χ1v) is 15.0. The molecule has 0 amide bonds. The highest BCUT2D eigenvalue weighted by atomic mass is 16.6. The Morgan fingerprint density at radius 2 is 1.71 bits per heavy atom. The predicted octanol–water partition coefficient (Wildman–Crippen LogP) is 6.44. The molecule has 9 atom stereocenters. The zero-order valence-electron chi connectivity index (χ0n) is 24.9. The van der Waals surface area contributed by atoms with Gasteiger partial charge in [0, 0.05) is 23.3 Å². The van der Waals surface area contributed by atoms with Crippen molar-refractivity contribution in [2.75, 3.05) is 7.11 Å². The van der Waals surface area contributed by atoms with Gasteiger partial charge in [-0.15, -0.1) is 0 Å². The molecular weight excluding hydrogens is 478 g/mol. The van der Waals surface area contributed by atoms with Gasteiger partial charge in [0.05, 0.1) is 24.8 Å². The van der Waals surface area contributed by atoms with E-state index >= 15 is 0 Å². The second-order valence-corrected chi connectivity index (χ2v) is 15.9. The molecule has 212 valence electrons. The summed E-state index contributed by atoms with van der Waals surface area (Å²) in [7, 11) is 1.54. The monoisotopic (exact) mass is 527 g/mol. The zero-order valence-corrected chi connectivity index (χ0v) is 24.9. The molecule has 0 radical (unpaired) electrons. The summed E-state index contributed by atoms with van der Waals surface area (Å²) in [5, 5.41) is 15.8. The topological polar surface area (TPSA) is 81.8 Å². The molecule has 1 saturated heterocycles. The van der Waals surface area contributed by atoms with Crippen LogP contribution in [0.5, 0.6) is 0 Å². The number of aromatic nitrogens is 1. The van der Waals surface area contributed by atoms with Crippen molar-refractivity contribution in [2.24, 2.45) is 44.8 Å². The van der Waals surface area contributed by atoms with E-state index in [0.717, 1.165) is 57.1 Å². The minimum absolute atomic E-state index is 0.0139. The minimum Gasteiger partial charge on any atom is -0.469 e. The lowest BCUT2D eigenvalue weighted by Gasteiger charge is -2.68. The van der Waals surface area contributed by atoms with Crippen molar-refractivity contribution in [3.8, 4) is 0 Å². The Kier molecular flexibility index (Phi) is 5.70. The Labute approximate surface area is 228 Å². The summed E-state index contributed by atoms with van der Waals surface area (Å²) in [6.07, 6.45) is 9.22. The zero-order chi connectivity index (χ0) is 27.5. The summed E-state index contributed by atoms with van der Waals surface area (Å²) in [5.41, 5.74) is 0.520. The van der Waals surface area contributed by atoms with Crippen LogP contribution in [0.1, 0.15) is 111 Å². The number of aliphatic hydroxyl groups excluding tert-OH is 1. The van der Waals surface area contributed by atoms with Gasteiger partial charge in [-0.1, -0.05) is 53.6 Å². The molecule has 1 aromatic rings. The fourth-order valence-corrected chi connectivity index (χ4v) is 11.3. The molecule has 2 heterocycles. The van der Waals surface area contributed by atoms with Crippen molar-refractivity contribution in [1.29, 1.82) is 0 Å². The molecule has 0 bridgehead atoms. The normalized spacial score (nSPS) is 48.8. The average Bonchev–Trinajstić information content (AvgIpc) is 3.28. The van der Waals surface area contributed by atoms with E-state index in [9.17, 15) is 9.90 Å². The van der Waals surface area contributed by atoms with Gasteiger partial charge in [-0.25, -0.2) is 0 Å². The molecule has 4 fully saturated rings. The van der Waals surface area contributed by atoms with E-state index in [1.807, 2.05) is 6.20 Å². The number of esters is 1. The number of hydrogen-bond donors (Lipinski definition) is 1. The molecule has 0 aromatic carbocycles. The van der Waals surface area contributed by atoms with E-state index < -0.39 is 11.7 Å². The summed E-state index contributed by atoms with van der Waals surface area (Å²) in [6, 6.07) is 0. The molecule has 1 N–H and O–H groups in total. The van der Waals surface area contributed by atoms with Crippen LogP contribution in [0.25, 0.3) is 0 Å². The van der Waals surface area contributed by atoms with Crippen LogP contribution in [-0.4, -0.2) is 35.7 Å². The first-order valence-electron chi connectivity index (χ1n) is 15.0. The van der Waals surface area contributed by atoms with Crippen LogP contribution >= 0.6 is 0 Å². The Morgan fingerprint density at radius 1 is 1.00 bits per heavy atom. The Morgan fingerprint density at radius 3 is 2.42 bits per heavy atom. The summed E-state index contributed by atoms with van der Waals surface area (Å²) >= 11 is 0. The lowest BCUT2D eigenvalue weighted by Crippen LogP contribution is -2.66. The van der Waals surface area contributed by atoms with Gasteiger partial charge in [0.15, 0.2) is 6.29 Å². The van der Waals surface area contributed by atoms with Gasteiger partial charge in [-0.2, -0.15) is 0 Å². The van der Waals surface area contributed by atoms with Gasteiger partial charge >= 0.3 is 5.97 Å². The maximum absolute atomic E-state index is 13.5. The molecule has 6 nitrogen and oxygen atoms in total. The molecular formula is C32H49NO5. The summed E-state index contributed by atoms with van der Waals surface area (Å²) in [5.74, 6) is 1.73. The van der Waals surface area contributed by atoms with Crippen molar-refractivity contribution in [3.63, 3.8) is 0 Å². The SMILES string of the molecule is COC(=O)[C@]12CCC(C)(C)C[C@H]1[C@H]1OC(O)C[C@@H]3[C@@]4(C)Cc5cnoc5C(C)(C)[C@@H]4CC[C@@]3(C)[C@]1(C)CC2. The maximum atomic E-state index is 13.5. The Hall–Kier alpha value is -1.40. The molecule has 5 aliphatic rings. The van der Waals surface area contributed by atoms with Crippen molar-refractivity contribution < 1.29 is 23.9 Å². The first-order chi connectivity index (χ1) is 17.6. The van der Waals surface area contributed by atoms with Gasteiger partial charge in [0.2, 0.25) is 0 Å². The molecule has 0 spiro atoms. The van der Waals surface area contributed by atoms with Crippen molar-refractivity contribution in [3.05, 3.63) is 17.5 Å². The van der Waals surface area contributed by atoms with Crippen LogP contribution in [0.3, 0.4) is 0 Å². The highest BCUT2D eigenvalue weighted by Crippen LogP contribution is 2.74. The van der Waals surface area contributed by atoms with Gasteiger partial charge < -0.3 is 19.1 Å². The second-order valence-electron chi connectivity index (χ2n) is 15.9. The molecule has 1 aromatic heterocycles. The predicted molar refractivity (Wildman–Crippen MR) is 144 cm³/mol. The smallest absolute Gasteiger partial charge is 0.312 e. The number of nitrogens with zero attached hydrogens (tertiary/aromatic N) is 1. The summed E-state index contributed by atoms with van der Waals surface area (Å²) in [6.45, 7) is 16.7. The first kappa shape index (κ1) is 26.8. The number of ether oxygens (including phenoxy) is 2. The highest BCUT2D eigenvalue weighted by molar-refractivity contribution is 5.77. The van der Waals surface area contributed by atoms with Gasteiger partial charge in [0.25, 0.3) is 0 Å². The van der Waals surface area contributed by atoms with E-state index in [1.54, 1.807) is 0 Å². The highest BCUT2D eigenvalue weighted by Gasteiger charge is 2.71. The molecule has 1 unspecified atom stereocenters. The van der Waals surface area contributed by atoms with Crippen LogP contribution in [0.15, 0.2) is 10.7 Å². The Balaban J connectivity index is 1.47. The van der Waals surface area contributed by atoms with Crippen molar-refractivity contribution in [2.45, 2.75) is 124 Å². The number of aliphatic hydroxyl groups is 1. The lowest BCUT2D eigenvalue weighted by molar-refractivity contribution is -0.248. The molecule has 1 aliphatic heterocycles. The summed E-state index contributed by atoms with van der Waals surface area (Å²) < 4.78 is 18.1. The minimum atomic E-state index is -0.841. The van der Waals surface area contributed by atoms with Crippen LogP contribution < -0.4 is 0 Å². The fourth-order valence-electron chi connectivity index (χ4n) is 11.3. The van der Waals surface area contributed by atoms with E-state index in [0.29, 0.717) is 12.3 Å². The van der Waals surface area contributed by atoms with E-state index in [4.69, 9.17) is 14.0 Å². The Bertz CT molecular complexity index is 1120. The summed E-state index contributed by atoms with van der Waals surface area (Å²) in [4.78, 5) is 13.5. The number of fused-ring (bicyclic) bond motifs is 8. The third-order valence-electron chi connectivity index (χ3n) is 13.4. The van der Waals surface area contributed by atoms with Crippen LogP contribution in [0, 0.1) is 44.8 Å². The van der Waals surface area contributed by atoms with Crippen molar-refractivity contribution >= 4 is 5.97 Å². The molecule has 4 aliphatic carbocycles. The number of carbonyl (C=O) groups is 1. The van der Waals surface area contributed by atoms with Crippen molar-refractivity contribution in [1.82, 2.24) is 5.16 Å². The van der Waals surface area contributed by atoms with Crippen LogP contribution in [-0.2, 0) is 26.1 Å². The van der Waals surface area contributed by atoms with Crippen LogP contribution in [0.4, 0.5) is 0 Å². The molecule has 6 rings (SSSR count). The largest absolute Gasteiger partial charge is 0.469 e. The maximum Gasteiger partial charge on any atom is 0.312 e. The average molecular weight is 528 g/mol. The number of rotatable bonds is 1. The second kappa shape index (κ2) is 8.09. The molecule has 3 saturated carbocycles. The molecule has 38 heavy (non-hydrogen) atoms. The standard InChI is InChI=1S/C32H49NO5/c1-27(2)11-13-32(26(35)36-8)14-12-31(7)25(20(32)17-27)37-23(34)15-22-29(5)16-19-18-33-38-24(19)28(3,4)21(29)9-10-30(22,31)6/h18,20-23,25,34H,9-17H2,1-8H3/t20-,21-,22+,23?,25+,29-,30+,31+,32-/m0/s1. The van der Waals surface area contributed by atoms with E-state index in [1.165, 1.54) is 12.7 Å². The van der Waals surface area contributed by atoms with Gasteiger partial charge in [-0.3, -0.25) is 4.79 Å². The number of methoxy groups -OCH3 is 1. The number of carbonyl (C=O) groups excluding carboxylic acids is 1. The van der Waals surface area contributed by atoms with E-state index in [-0.39, 0.29) is 51.0 Å². The van der Waals surface area contributed by atoms with Gasteiger partial charge in [-0.05, 0) is 84.9 Å².